The minimum atomic E-state index is 0.0910. The summed E-state index contributed by atoms with van der Waals surface area (Å²) in [6.07, 6.45) is 2.70. The summed E-state index contributed by atoms with van der Waals surface area (Å²) < 4.78 is 1.87. The van der Waals surface area contributed by atoms with Crippen molar-refractivity contribution in [2.45, 2.75) is 19.9 Å². The normalized spacial score (nSPS) is 13.6. The van der Waals surface area contributed by atoms with Crippen molar-refractivity contribution in [2.75, 3.05) is 6.54 Å². The summed E-state index contributed by atoms with van der Waals surface area (Å²) in [7, 11) is 0. The number of rotatable bonds is 2. The maximum absolute atomic E-state index is 12.8. The highest BCUT2D eigenvalue weighted by Gasteiger charge is 2.21. The molecule has 0 aliphatic carbocycles. The van der Waals surface area contributed by atoms with Crippen molar-refractivity contribution >= 4 is 5.91 Å². The third kappa shape index (κ3) is 2.60. The molecule has 1 amide bonds. The molecule has 1 aromatic heterocycles. The zero-order valence-corrected chi connectivity index (χ0v) is 13.6. The average molecular weight is 317 g/mol. The van der Waals surface area contributed by atoms with Gasteiger partial charge in [-0.15, -0.1) is 0 Å². The standard InChI is InChI=1S/C20H19N3O/c1-15-10-12-21-23(15)19-8-6-17(7-9-19)20(24)22-13-11-16-4-2-3-5-18(16)14-22/h2-10,12H,11,13-14H2,1H3. The molecule has 0 saturated carbocycles. The van der Waals surface area contributed by atoms with E-state index in [0.29, 0.717) is 6.54 Å². The predicted molar refractivity (Wildman–Crippen MR) is 93.2 cm³/mol. The van der Waals surface area contributed by atoms with Crippen LogP contribution in [0.4, 0.5) is 0 Å². The van der Waals surface area contributed by atoms with Gasteiger partial charge in [-0.2, -0.15) is 5.10 Å². The van der Waals surface area contributed by atoms with Crippen molar-refractivity contribution in [2.24, 2.45) is 0 Å². The van der Waals surface area contributed by atoms with Gasteiger partial charge in [0, 0.05) is 30.5 Å². The fourth-order valence-corrected chi connectivity index (χ4v) is 3.24. The number of amides is 1. The molecule has 24 heavy (non-hydrogen) atoms. The van der Waals surface area contributed by atoms with Crippen molar-refractivity contribution in [1.29, 1.82) is 0 Å². The number of hydrogen-bond acceptors (Lipinski definition) is 2. The van der Waals surface area contributed by atoms with Gasteiger partial charge in [0.25, 0.3) is 5.91 Å². The van der Waals surface area contributed by atoms with Crippen molar-refractivity contribution < 1.29 is 4.79 Å². The van der Waals surface area contributed by atoms with E-state index in [1.807, 2.05) is 52.9 Å². The second-order valence-corrected chi connectivity index (χ2v) is 6.18. The molecule has 0 N–H and O–H groups in total. The first-order chi connectivity index (χ1) is 11.7. The smallest absolute Gasteiger partial charge is 0.254 e. The topological polar surface area (TPSA) is 38.1 Å². The minimum absolute atomic E-state index is 0.0910. The van der Waals surface area contributed by atoms with E-state index in [1.165, 1.54) is 11.1 Å². The third-order valence-electron chi connectivity index (χ3n) is 4.61. The van der Waals surface area contributed by atoms with Crippen LogP contribution in [0, 0.1) is 6.92 Å². The van der Waals surface area contributed by atoms with Crippen LogP contribution in [0.15, 0.2) is 60.8 Å². The number of benzene rings is 2. The molecule has 0 saturated heterocycles. The molecule has 0 radical (unpaired) electrons. The Morgan fingerprint density at radius 3 is 2.46 bits per heavy atom. The van der Waals surface area contributed by atoms with E-state index in [9.17, 15) is 4.79 Å². The van der Waals surface area contributed by atoms with Crippen LogP contribution < -0.4 is 0 Å². The van der Waals surface area contributed by atoms with E-state index >= 15 is 0 Å². The largest absolute Gasteiger partial charge is 0.334 e. The molecule has 4 heteroatoms. The molecule has 4 rings (SSSR count). The maximum atomic E-state index is 12.8. The van der Waals surface area contributed by atoms with E-state index in [-0.39, 0.29) is 5.91 Å². The van der Waals surface area contributed by atoms with Crippen molar-refractivity contribution in [3.05, 3.63) is 83.2 Å². The first-order valence-corrected chi connectivity index (χ1v) is 8.19. The van der Waals surface area contributed by atoms with Crippen LogP contribution in [0.3, 0.4) is 0 Å². The molecule has 4 nitrogen and oxygen atoms in total. The van der Waals surface area contributed by atoms with Crippen molar-refractivity contribution in [3.8, 4) is 5.69 Å². The van der Waals surface area contributed by atoms with Crippen molar-refractivity contribution in [3.63, 3.8) is 0 Å². The van der Waals surface area contributed by atoms with Gasteiger partial charge in [0.1, 0.15) is 0 Å². The van der Waals surface area contributed by atoms with Crippen LogP contribution in [0.2, 0.25) is 0 Å². The Morgan fingerprint density at radius 2 is 1.75 bits per heavy atom. The summed E-state index contributed by atoms with van der Waals surface area (Å²) in [4.78, 5) is 14.7. The highest BCUT2D eigenvalue weighted by atomic mass is 16.2. The van der Waals surface area contributed by atoms with Gasteiger partial charge in [0.15, 0.2) is 0 Å². The van der Waals surface area contributed by atoms with Crippen LogP contribution in [-0.4, -0.2) is 27.1 Å². The molecule has 2 heterocycles. The lowest BCUT2D eigenvalue weighted by molar-refractivity contribution is 0.0734. The summed E-state index contributed by atoms with van der Waals surface area (Å²) >= 11 is 0. The van der Waals surface area contributed by atoms with E-state index in [2.05, 4.69) is 23.3 Å². The lowest BCUT2D eigenvalue weighted by Gasteiger charge is -2.29. The van der Waals surface area contributed by atoms with E-state index < -0.39 is 0 Å². The van der Waals surface area contributed by atoms with E-state index in [1.54, 1.807) is 6.20 Å². The Bertz CT molecular complexity index is 880. The van der Waals surface area contributed by atoms with Gasteiger partial charge < -0.3 is 4.90 Å². The fraction of sp³-hybridized carbons (Fsp3) is 0.200. The number of carbonyl (C=O) groups is 1. The Labute approximate surface area is 141 Å². The highest BCUT2D eigenvalue weighted by Crippen LogP contribution is 2.21. The number of hydrogen-bond donors (Lipinski definition) is 0. The van der Waals surface area contributed by atoms with Crippen LogP contribution in [0.25, 0.3) is 5.69 Å². The Balaban J connectivity index is 1.54. The molecule has 1 aliphatic heterocycles. The van der Waals surface area contributed by atoms with Gasteiger partial charge in [0.2, 0.25) is 0 Å². The fourth-order valence-electron chi connectivity index (χ4n) is 3.24. The van der Waals surface area contributed by atoms with Gasteiger partial charge in [-0.05, 0) is 54.8 Å². The highest BCUT2D eigenvalue weighted by molar-refractivity contribution is 5.94. The maximum Gasteiger partial charge on any atom is 0.254 e. The van der Waals surface area contributed by atoms with Gasteiger partial charge in [-0.25, -0.2) is 4.68 Å². The quantitative estimate of drug-likeness (QED) is 0.727. The average Bonchev–Trinajstić information content (AvgIpc) is 3.07. The molecular formula is C20H19N3O. The number of nitrogens with zero attached hydrogens (tertiary/aromatic N) is 3. The Morgan fingerprint density at radius 1 is 1.00 bits per heavy atom. The molecule has 0 bridgehead atoms. The molecule has 1 aliphatic rings. The second-order valence-electron chi connectivity index (χ2n) is 6.18. The van der Waals surface area contributed by atoms with Gasteiger partial charge in [-0.1, -0.05) is 24.3 Å². The first-order valence-electron chi connectivity index (χ1n) is 8.19. The molecule has 120 valence electrons. The van der Waals surface area contributed by atoms with Gasteiger partial charge in [-0.3, -0.25) is 4.79 Å². The van der Waals surface area contributed by atoms with Crippen molar-refractivity contribution in [1.82, 2.24) is 14.7 Å². The zero-order valence-electron chi connectivity index (χ0n) is 13.6. The molecular weight excluding hydrogens is 298 g/mol. The molecule has 2 aromatic carbocycles. The van der Waals surface area contributed by atoms with E-state index in [0.717, 1.165) is 29.9 Å². The summed E-state index contributed by atoms with van der Waals surface area (Å²) in [6.45, 7) is 3.47. The number of carbonyl (C=O) groups excluding carboxylic acids is 1. The number of aryl methyl sites for hydroxylation is 1. The molecule has 0 unspecified atom stereocenters. The van der Waals surface area contributed by atoms with Crippen LogP contribution >= 0.6 is 0 Å². The van der Waals surface area contributed by atoms with Gasteiger partial charge >= 0.3 is 0 Å². The molecule has 0 fully saturated rings. The van der Waals surface area contributed by atoms with Crippen LogP contribution in [0.1, 0.15) is 27.2 Å². The van der Waals surface area contributed by atoms with Crippen LogP contribution in [-0.2, 0) is 13.0 Å². The van der Waals surface area contributed by atoms with Crippen LogP contribution in [0.5, 0.6) is 0 Å². The number of aromatic nitrogens is 2. The molecule has 0 atom stereocenters. The molecule has 0 spiro atoms. The van der Waals surface area contributed by atoms with Gasteiger partial charge in [0.05, 0.1) is 5.69 Å². The number of fused-ring (bicyclic) bond motifs is 1. The third-order valence-corrected chi connectivity index (χ3v) is 4.61. The monoisotopic (exact) mass is 317 g/mol. The zero-order chi connectivity index (χ0) is 16.5. The lowest BCUT2D eigenvalue weighted by Crippen LogP contribution is -2.35. The van der Waals surface area contributed by atoms with E-state index in [4.69, 9.17) is 0 Å². The first kappa shape index (κ1) is 14.7. The minimum Gasteiger partial charge on any atom is -0.334 e. The molecule has 3 aromatic rings. The second kappa shape index (κ2) is 5.96. The summed E-state index contributed by atoms with van der Waals surface area (Å²) in [5.74, 6) is 0.0910. The lowest BCUT2D eigenvalue weighted by atomic mass is 9.99. The summed E-state index contributed by atoms with van der Waals surface area (Å²) in [5, 5.41) is 4.30. The summed E-state index contributed by atoms with van der Waals surface area (Å²) in [5.41, 5.74) is 5.37. The predicted octanol–water partition coefficient (Wildman–Crippen LogP) is 3.38. The SMILES string of the molecule is Cc1ccnn1-c1ccc(C(=O)N2CCc3ccccc3C2)cc1. The summed E-state index contributed by atoms with van der Waals surface area (Å²) in [6, 6.07) is 18.0. The Hall–Kier alpha value is -2.88. The Kier molecular flexibility index (Phi) is 3.65.